The van der Waals surface area contributed by atoms with E-state index in [0.29, 0.717) is 34.1 Å². The molecule has 0 spiro atoms. The number of aromatic nitrogens is 3. The molecule has 1 aromatic carbocycles. The van der Waals surface area contributed by atoms with Crippen molar-refractivity contribution in [2.45, 2.75) is 26.2 Å². The maximum Gasteiger partial charge on any atom is 0.408 e. The average molecular weight is 432 g/mol. The van der Waals surface area contributed by atoms with Gasteiger partial charge < -0.3 is 9.47 Å². The molecule has 0 fully saturated rings. The van der Waals surface area contributed by atoms with Gasteiger partial charge in [-0.05, 0) is 36.8 Å². The fourth-order valence-corrected chi connectivity index (χ4v) is 3.62. The molecule has 0 N–H and O–H groups in total. The highest BCUT2D eigenvalue weighted by molar-refractivity contribution is 6.10. The number of ether oxygens (including phenoxy) is 2. The number of aryl methyl sites for hydroxylation is 1. The van der Waals surface area contributed by atoms with Crippen molar-refractivity contribution in [3.8, 4) is 22.8 Å². The average Bonchev–Trinajstić information content (AvgIpc) is 3.30. The number of anilines is 1. The minimum absolute atomic E-state index is 0.147. The van der Waals surface area contributed by atoms with Crippen molar-refractivity contribution in [2.75, 3.05) is 19.1 Å². The maximum atomic E-state index is 12.9. The van der Waals surface area contributed by atoms with Crippen LogP contribution < -0.4 is 14.4 Å². The van der Waals surface area contributed by atoms with Crippen LogP contribution in [-0.2, 0) is 13.1 Å². The summed E-state index contributed by atoms with van der Waals surface area (Å²) < 4.78 is 49.2. The molecule has 0 atom stereocenters. The quantitative estimate of drug-likeness (QED) is 0.610. The van der Waals surface area contributed by atoms with Crippen molar-refractivity contribution < 1.29 is 27.4 Å². The molecule has 1 amide bonds. The van der Waals surface area contributed by atoms with E-state index in [2.05, 4.69) is 10.1 Å². The molecule has 3 aromatic rings. The van der Waals surface area contributed by atoms with Crippen molar-refractivity contribution in [3.05, 3.63) is 53.5 Å². The first kappa shape index (κ1) is 20.7. The maximum absolute atomic E-state index is 12.9. The van der Waals surface area contributed by atoms with Crippen molar-refractivity contribution in [3.63, 3.8) is 0 Å². The highest BCUT2D eigenvalue weighted by Gasteiger charge is 2.34. The number of hydrogen-bond acceptors (Lipinski definition) is 5. The lowest BCUT2D eigenvalue weighted by Gasteiger charge is -2.12. The van der Waals surface area contributed by atoms with Gasteiger partial charge in [-0.3, -0.25) is 19.4 Å². The van der Waals surface area contributed by atoms with Gasteiger partial charge in [0.15, 0.2) is 11.5 Å². The molecule has 1 aliphatic rings. The number of fused-ring (bicyclic) bond motifs is 1. The molecule has 0 aliphatic carbocycles. The van der Waals surface area contributed by atoms with Gasteiger partial charge in [0.05, 0.1) is 49.6 Å². The molecule has 4 rings (SSSR count). The van der Waals surface area contributed by atoms with Gasteiger partial charge >= 0.3 is 6.18 Å². The molecule has 3 heterocycles. The van der Waals surface area contributed by atoms with E-state index in [1.807, 2.05) is 6.07 Å². The van der Waals surface area contributed by atoms with E-state index in [1.54, 1.807) is 39.3 Å². The third-order valence-electron chi connectivity index (χ3n) is 5.01. The third kappa shape index (κ3) is 3.92. The number of methoxy groups -OCH3 is 2. The van der Waals surface area contributed by atoms with E-state index in [-0.39, 0.29) is 12.5 Å². The molecule has 31 heavy (non-hydrogen) atoms. The first-order chi connectivity index (χ1) is 14.7. The second kappa shape index (κ2) is 7.60. The minimum Gasteiger partial charge on any atom is -0.493 e. The number of benzene rings is 1. The molecule has 0 saturated heterocycles. The summed E-state index contributed by atoms with van der Waals surface area (Å²) in [6.07, 6.45) is -1.93. The van der Waals surface area contributed by atoms with Crippen LogP contribution in [0.3, 0.4) is 0 Å². The molecule has 0 radical (unpaired) electrons. The Hall–Kier alpha value is -3.56. The lowest BCUT2D eigenvalue weighted by molar-refractivity contribution is -0.142. The molecule has 2 aromatic heterocycles. The number of halogens is 3. The summed E-state index contributed by atoms with van der Waals surface area (Å²) in [5.74, 6) is 0.821. The third-order valence-corrected chi connectivity index (χ3v) is 5.01. The zero-order valence-electron chi connectivity index (χ0n) is 17.0. The first-order valence-corrected chi connectivity index (χ1v) is 9.34. The Bertz CT molecular complexity index is 1160. The summed E-state index contributed by atoms with van der Waals surface area (Å²) in [6.45, 7) is 0.732. The summed E-state index contributed by atoms with van der Waals surface area (Å²) in [6, 6.07) is 7.20. The van der Waals surface area contributed by atoms with Crippen LogP contribution in [-0.4, -0.2) is 41.1 Å². The Morgan fingerprint density at radius 1 is 1.13 bits per heavy atom. The summed E-state index contributed by atoms with van der Waals surface area (Å²) in [5, 5.41) is 3.72. The predicted octanol–water partition coefficient (Wildman–Crippen LogP) is 3.99. The van der Waals surface area contributed by atoms with Gasteiger partial charge in [-0.15, -0.1) is 0 Å². The summed E-state index contributed by atoms with van der Waals surface area (Å²) in [5.41, 5.74) is 3.46. The highest BCUT2D eigenvalue weighted by atomic mass is 19.4. The van der Waals surface area contributed by atoms with Gasteiger partial charge in [-0.1, -0.05) is 0 Å². The monoisotopic (exact) mass is 432 g/mol. The summed E-state index contributed by atoms with van der Waals surface area (Å²) in [4.78, 5) is 19.0. The van der Waals surface area contributed by atoms with Crippen LogP contribution in [0.15, 0.2) is 36.7 Å². The molecule has 7 nitrogen and oxygen atoms in total. The number of nitrogens with zero attached hydrogens (tertiary/aromatic N) is 4. The number of hydrogen-bond donors (Lipinski definition) is 0. The number of carbonyl (C=O) groups excluding carboxylic acids is 1. The van der Waals surface area contributed by atoms with Crippen LogP contribution in [0.4, 0.5) is 18.9 Å². The lowest BCUT2D eigenvalue weighted by atomic mass is 10.0. The zero-order chi connectivity index (χ0) is 22.3. The van der Waals surface area contributed by atoms with E-state index in [1.165, 1.54) is 17.3 Å². The smallest absolute Gasteiger partial charge is 0.408 e. The summed E-state index contributed by atoms with van der Waals surface area (Å²) >= 11 is 0. The van der Waals surface area contributed by atoms with E-state index in [9.17, 15) is 18.0 Å². The largest absolute Gasteiger partial charge is 0.493 e. The van der Waals surface area contributed by atoms with Crippen molar-refractivity contribution in [1.29, 1.82) is 0 Å². The summed E-state index contributed by atoms with van der Waals surface area (Å²) in [7, 11) is 3.09. The Labute approximate surface area is 176 Å². The lowest BCUT2D eigenvalue weighted by Crippen LogP contribution is -2.23. The fourth-order valence-electron chi connectivity index (χ4n) is 3.62. The van der Waals surface area contributed by atoms with Crippen molar-refractivity contribution in [1.82, 2.24) is 14.8 Å². The Morgan fingerprint density at radius 2 is 1.87 bits per heavy atom. The second-order valence-corrected chi connectivity index (χ2v) is 7.12. The van der Waals surface area contributed by atoms with Gasteiger partial charge in [-0.2, -0.15) is 18.3 Å². The second-order valence-electron chi connectivity index (χ2n) is 7.12. The first-order valence-electron chi connectivity index (χ1n) is 9.34. The Balaban J connectivity index is 1.66. The number of pyridine rings is 1. The van der Waals surface area contributed by atoms with Gasteiger partial charge in [0.25, 0.3) is 5.91 Å². The SMILES string of the molecule is COc1ccc(-c2cc(C)c3c(n2)CN(c2cnn(CC(F)(F)F)c2)C3=O)cc1OC. The number of alkyl halides is 3. The van der Waals surface area contributed by atoms with Gasteiger partial charge in [-0.25, -0.2) is 0 Å². The van der Waals surface area contributed by atoms with Crippen LogP contribution in [0, 0.1) is 6.92 Å². The molecule has 0 saturated carbocycles. The number of rotatable bonds is 5. The molecule has 10 heteroatoms. The van der Waals surface area contributed by atoms with Gasteiger partial charge in [0.1, 0.15) is 6.54 Å². The standard InChI is InChI=1S/C21H19F3N4O3/c1-12-6-15(13-4-5-17(30-2)18(7-13)31-3)26-16-10-28(20(29)19(12)16)14-8-25-27(9-14)11-21(22,23)24/h4-9H,10-11H2,1-3H3. The molecule has 162 valence electrons. The van der Waals surface area contributed by atoms with Crippen LogP contribution in [0.1, 0.15) is 21.6 Å². The molecule has 0 unspecified atom stereocenters. The Kier molecular flexibility index (Phi) is 5.08. The van der Waals surface area contributed by atoms with E-state index >= 15 is 0 Å². The zero-order valence-corrected chi connectivity index (χ0v) is 17.0. The Morgan fingerprint density at radius 3 is 2.55 bits per heavy atom. The molecule has 1 aliphatic heterocycles. The predicted molar refractivity (Wildman–Crippen MR) is 106 cm³/mol. The van der Waals surface area contributed by atoms with Crippen LogP contribution in [0.25, 0.3) is 11.3 Å². The number of amides is 1. The van der Waals surface area contributed by atoms with Crippen molar-refractivity contribution >= 4 is 11.6 Å². The molecule has 0 bridgehead atoms. The van der Waals surface area contributed by atoms with Crippen molar-refractivity contribution in [2.24, 2.45) is 0 Å². The van der Waals surface area contributed by atoms with E-state index < -0.39 is 12.7 Å². The minimum atomic E-state index is -4.40. The highest BCUT2D eigenvalue weighted by Crippen LogP contribution is 2.35. The topological polar surface area (TPSA) is 69.5 Å². The molecular formula is C21H19F3N4O3. The van der Waals surface area contributed by atoms with E-state index in [4.69, 9.17) is 9.47 Å². The van der Waals surface area contributed by atoms with Crippen LogP contribution in [0.5, 0.6) is 11.5 Å². The fraction of sp³-hybridized carbons (Fsp3) is 0.286. The van der Waals surface area contributed by atoms with Gasteiger partial charge in [0.2, 0.25) is 0 Å². The normalized spacial score (nSPS) is 13.5. The van der Waals surface area contributed by atoms with Crippen LogP contribution >= 0.6 is 0 Å². The molecular weight excluding hydrogens is 413 g/mol. The van der Waals surface area contributed by atoms with Crippen LogP contribution in [0.2, 0.25) is 0 Å². The van der Waals surface area contributed by atoms with E-state index in [0.717, 1.165) is 15.8 Å². The number of carbonyl (C=O) groups is 1. The van der Waals surface area contributed by atoms with Gasteiger partial charge in [0, 0.05) is 11.8 Å².